The summed E-state index contributed by atoms with van der Waals surface area (Å²) < 4.78 is 5.86. The van der Waals surface area contributed by atoms with Crippen LogP contribution in [0.5, 0.6) is 0 Å². The zero-order chi connectivity index (χ0) is 16.6. The topological polar surface area (TPSA) is 54.5 Å². The van der Waals surface area contributed by atoms with Crippen LogP contribution >= 0.6 is 0 Å². The smallest absolute Gasteiger partial charge is 0.255 e. The molecular weight excluding hydrogens is 302 g/mol. The Bertz CT molecular complexity index is 634. The van der Waals surface area contributed by atoms with Gasteiger partial charge in [0.25, 0.3) is 5.91 Å². The van der Waals surface area contributed by atoms with E-state index in [1.165, 1.54) is 5.56 Å². The van der Waals surface area contributed by atoms with Gasteiger partial charge < -0.3 is 15.0 Å². The van der Waals surface area contributed by atoms with E-state index in [1.807, 2.05) is 29.2 Å². The normalized spacial score (nSPS) is 18.2. The van der Waals surface area contributed by atoms with Gasteiger partial charge in [-0.05, 0) is 17.7 Å². The van der Waals surface area contributed by atoms with Crippen molar-refractivity contribution in [3.05, 3.63) is 66.0 Å². The molecule has 1 amide bonds. The predicted octanol–water partition coefficient (Wildman–Crippen LogP) is 1.96. The van der Waals surface area contributed by atoms with Crippen molar-refractivity contribution in [1.82, 2.24) is 15.2 Å². The van der Waals surface area contributed by atoms with Crippen molar-refractivity contribution in [3.8, 4) is 0 Å². The van der Waals surface area contributed by atoms with Crippen molar-refractivity contribution in [3.63, 3.8) is 0 Å². The van der Waals surface area contributed by atoms with E-state index in [1.54, 1.807) is 18.5 Å². The minimum atomic E-state index is 0.0415. The molecule has 1 aromatic carbocycles. The molecule has 5 nitrogen and oxygen atoms in total. The molecule has 5 heteroatoms. The Morgan fingerprint density at radius 2 is 2.12 bits per heavy atom. The van der Waals surface area contributed by atoms with Crippen LogP contribution in [0.15, 0.2) is 54.9 Å². The summed E-state index contributed by atoms with van der Waals surface area (Å²) >= 11 is 0. The summed E-state index contributed by atoms with van der Waals surface area (Å²) in [5.41, 5.74) is 1.81. The van der Waals surface area contributed by atoms with Gasteiger partial charge in [-0.3, -0.25) is 9.78 Å². The SMILES string of the molecule is O=C(c1cccnc1)N1CCNC[C@@H](COCc2ccccc2)C1. The molecule has 1 aliphatic rings. The number of hydrogen-bond acceptors (Lipinski definition) is 4. The van der Waals surface area contributed by atoms with E-state index in [2.05, 4.69) is 22.4 Å². The van der Waals surface area contributed by atoms with E-state index in [0.717, 1.165) is 13.1 Å². The number of carbonyl (C=O) groups is 1. The number of hydrogen-bond donors (Lipinski definition) is 1. The molecule has 0 unspecified atom stereocenters. The molecule has 0 aliphatic carbocycles. The lowest BCUT2D eigenvalue weighted by Gasteiger charge is -2.24. The molecular formula is C19H23N3O2. The third kappa shape index (κ3) is 4.63. The first-order valence-corrected chi connectivity index (χ1v) is 8.34. The summed E-state index contributed by atoms with van der Waals surface area (Å²) in [6, 6.07) is 13.8. The zero-order valence-corrected chi connectivity index (χ0v) is 13.7. The second kappa shape index (κ2) is 8.57. The summed E-state index contributed by atoms with van der Waals surface area (Å²) in [5.74, 6) is 0.330. The maximum atomic E-state index is 12.6. The van der Waals surface area contributed by atoms with Gasteiger partial charge in [-0.15, -0.1) is 0 Å². The fourth-order valence-electron chi connectivity index (χ4n) is 2.87. The minimum Gasteiger partial charge on any atom is -0.376 e. The molecule has 0 saturated carbocycles. The largest absolute Gasteiger partial charge is 0.376 e. The predicted molar refractivity (Wildman–Crippen MR) is 92.6 cm³/mol. The van der Waals surface area contributed by atoms with Gasteiger partial charge in [0.2, 0.25) is 0 Å². The molecule has 0 spiro atoms. The third-order valence-corrected chi connectivity index (χ3v) is 4.13. The number of benzene rings is 1. The Morgan fingerprint density at radius 1 is 1.25 bits per heavy atom. The van der Waals surface area contributed by atoms with E-state index in [-0.39, 0.29) is 11.8 Å². The van der Waals surface area contributed by atoms with Crippen molar-refractivity contribution in [2.24, 2.45) is 5.92 Å². The van der Waals surface area contributed by atoms with Crippen LogP contribution in [0.1, 0.15) is 15.9 Å². The first-order valence-electron chi connectivity index (χ1n) is 8.34. The van der Waals surface area contributed by atoms with Gasteiger partial charge in [-0.2, -0.15) is 0 Å². The third-order valence-electron chi connectivity index (χ3n) is 4.13. The highest BCUT2D eigenvalue weighted by molar-refractivity contribution is 5.93. The second-order valence-corrected chi connectivity index (χ2v) is 6.06. The fourth-order valence-corrected chi connectivity index (χ4v) is 2.87. The highest BCUT2D eigenvalue weighted by Gasteiger charge is 2.23. The van der Waals surface area contributed by atoms with E-state index in [0.29, 0.717) is 31.9 Å². The van der Waals surface area contributed by atoms with Crippen molar-refractivity contribution < 1.29 is 9.53 Å². The fraction of sp³-hybridized carbons (Fsp3) is 0.368. The summed E-state index contributed by atoms with van der Waals surface area (Å²) in [6.07, 6.45) is 3.31. The number of ether oxygens (including phenoxy) is 1. The maximum absolute atomic E-state index is 12.6. The van der Waals surface area contributed by atoms with Gasteiger partial charge >= 0.3 is 0 Å². The molecule has 0 bridgehead atoms. The molecule has 24 heavy (non-hydrogen) atoms. The number of rotatable bonds is 5. The average molecular weight is 325 g/mol. The van der Waals surface area contributed by atoms with E-state index < -0.39 is 0 Å². The van der Waals surface area contributed by atoms with E-state index >= 15 is 0 Å². The van der Waals surface area contributed by atoms with Gasteiger partial charge in [-0.1, -0.05) is 30.3 Å². The first-order chi connectivity index (χ1) is 11.8. The summed E-state index contributed by atoms with van der Waals surface area (Å²) in [4.78, 5) is 18.5. The van der Waals surface area contributed by atoms with Crippen molar-refractivity contribution in [1.29, 1.82) is 0 Å². The molecule has 3 rings (SSSR count). The van der Waals surface area contributed by atoms with Crippen LogP contribution in [0, 0.1) is 5.92 Å². The lowest BCUT2D eigenvalue weighted by molar-refractivity contribution is 0.0615. The Labute approximate surface area is 142 Å². The molecule has 1 saturated heterocycles. The van der Waals surface area contributed by atoms with Crippen molar-refractivity contribution in [2.75, 3.05) is 32.8 Å². The molecule has 1 atom stereocenters. The van der Waals surface area contributed by atoms with E-state index in [9.17, 15) is 4.79 Å². The maximum Gasteiger partial charge on any atom is 0.255 e. The molecule has 126 valence electrons. The lowest BCUT2D eigenvalue weighted by atomic mass is 10.1. The van der Waals surface area contributed by atoms with Crippen LogP contribution in [0.25, 0.3) is 0 Å². The minimum absolute atomic E-state index is 0.0415. The molecule has 2 aromatic rings. The van der Waals surface area contributed by atoms with Gasteiger partial charge in [0, 0.05) is 44.5 Å². The Morgan fingerprint density at radius 3 is 2.92 bits per heavy atom. The van der Waals surface area contributed by atoms with Crippen LogP contribution in [-0.2, 0) is 11.3 Å². The number of pyridine rings is 1. The molecule has 2 heterocycles. The standard InChI is InChI=1S/C19H23N3O2/c23-19(18-7-4-8-20-12-18)22-10-9-21-11-17(13-22)15-24-14-16-5-2-1-3-6-16/h1-8,12,17,21H,9-11,13-15H2/t17-/m1/s1. The van der Waals surface area contributed by atoms with Gasteiger partial charge in [0.05, 0.1) is 18.8 Å². The van der Waals surface area contributed by atoms with Crippen LogP contribution in [0.4, 0.5) is 0 Å². The number of amides is 1. The summed E-state index contributed by atoms with van der Waals surface area (Å²) in [6.45, 7) is 4.33. The Balaban J connectivity index is 1.53. The number of carbonyl (C=O) groups excluding carboxylic acids is 1. The summed E-state index contributed by atoms with van der Waals surface area (Å²) in [5, 5.41) is 3.39. The van der Waals surface area contributed by atoms with Crippen LogP contribution in [-0.4, -0.2) is 48.6 Å². The highest BCUT2D eigenvalue weighted by Crippen LogP contribution is 2.10. The van der Waals surface area contributed by atoms with Crippen LogP contribution in [0.3, 0.4) is 0 Å². The van der Waals surface area contributed by atoms with Crippen molar-refractivity contribution in [2.45, 2.75) is 6.61 Å². The molecule has 0 radical (unpaired) electrons. The number of nitrogens with one attached hydrogen (secondary N) is 1. The molecule has 1 fully saturated rings. The van der Waals surface area contributed by atoms with Crippen molar-refractivity contribution >= 4 is 5.91 Å². The monoisotopic (exact) mass is 325 g/mol. The molecule has 1 N–H and O–H groups in total. The zero-order valence-electron chi connectivity index (χ0n) is 13.7. The Kier molecular flexibility index (Phi) is 5.93. The average Bonchev–Trinajstić information content (AvgIpc) is 2.88. The van der Waals surface area contributed by atoms with Crippen LogP contribution < -0.4 is 5.32 Å². The van der Waals surface area contributed by atoms with Gasteiger partial charge in [0.1, 0.15) is 0 Å². The Hall–Kier alpha value is -2.24. The van der Waals surface area contributed by atoms with Crippen LogP contribution in [0.2, 0.25) is 0 Å². The highest BCUT2D eigenvalue weighted by atomic mass is 16.5. The number of nitrogens with zero attached hydrogens (tertiary/aromatic N) is 2. The lowest BCUT2D eigenvalue weighted by Crippen LogP contribution is -2.37. The van der Waals surface area contributed by atoms with Gasteiger partial charge in [0.15, 0.2) is 0 Å². The molecule has 1 aliphatic heterocycles. The van der Waals surface area contributed by atoms with Gasteiger partial charge in [-0.25, -0.2) is 0 Å². The van der Waals surface area contributed by atoms with E-state index in [4.69, 9.17) is 4.74 Å². The number of aromatic nitrogens is 1. The second-order valence-electron chi connectivity index (χ2n) is 6.06. The molecule has 1 aromatic heterocycles. The summed E-state index contributed by atoms with van der Waals surface area (Å²) in [7, 11) is 0. The first kappa shape index (κ1) is 16.6. The quantitative estimate of drug-likeness (QED) is 0.913.